The number of piperidine rings is 1. The van der Waals surface area contributed by atoms with Gasteiger partial charge in [-0.2, -0.15) is 0 Å². The van der Waals surface area contributed by atoms with Crippen molar-refractivity contribution >= 4 is 6.09 Å². The highest BCUT2D eigenvalue weighted by atomic mass is 16.5. The van der Waals surface area contributed by atoms with Crippen molar-refractivity contribution in [2.75, 3.05) is 19.7 Å². The molecule has 5 nitrogen and oxygen atoms in total. The number of carboxylic acid groups (broad SMARTS) is 1. The summed E-state index contributed by atoms with van der Waals surface area (Å²) in [6.45, 7) is 2.96. The third-order valence-electron chi connectivity index (χ3n) is 3.57. The van der Waals surface area contributed by atoms with Crippen molar-refractivity contribution in [1.82, 2.24) is 10.2 Å². The quantitative estimate of drug-likeness (QED) is 0.813. The summed E-state index contributed by atoms with van der Waals surface area (Å²) in [5, 5.41) is 11.3. The van der Waals surface area contributed by atoms with E-state index < -0.39 is 6.09 Å². The maximum Gasteiger partial charge on any atom is 0.404 e. The minimum absolute atomic E-state index is 0.0817. The molecular formula is C16H20N2O3. The van der Waals surface area contributed by atoms with Crippen LogP contribution < -0.4 is 10.1 Å². The minimum atomic E-state index is -0.934. The number of nitrogens with one attached hydrogen (secondary N) is 1. The lowest BCUT2D eigenvalue weighted by Gasteiger charge is -2.31. The van der Waals surface area contributed by atoms with E-state index in [2.05, 4.69) is 16.1 Å². The maximum absolute atomic E-state index is 10.6. The van der Waals surface area contributed by atoms with E-state index in [1.807, 2.05) is 24.3 Å². The first-order valence-electron chi connectivity index (χ1n) is 7.04. The second-order valence-corrected chi connectivity index (χ2v) is 5.14. The van der Waals surface area contributed by atoms with Gasteiger partial charge in [0.15, 0.2) is 0 Å². The van der Waals surface area contributed by atoms with Crippen LogP contribution in [0.4, 0.5) is 4.79 Å². The molecule has 0 aliphatic carbocycles. The van der Waals surface area contributed by atoms with Crippen LogP contribution in [0.25, 0.3) is 0 Å². The maximum atomic E-state index is 10.6. The van der Waals surface area contributed by atoms with Crippen LogP contribution in [0.15, 0.2) is 24.3 Å². The first-order valence-corrected chi connectivity index (χ1v) is 7.04. The van der Waals surface area contributed by atoms with Crippen molar-refractivity contribution < 1.29 is 14.6 Å². The van der Waals surface area contributed by atoms with E-state index in [4.69, 9.17) is 16.3 Å². The van der Waals surface area contributed by atoms with Crippen molar-refractivity contribution in [3.8, 4) is 18.1 Å². The van der Waals surface area contributed by atoms with E-state index >= 15 is 0 Å². The molecule has 0 bridgehead atoms. The van der Waals surface area contributed by atoms with E-state index in [0.29, 0.717) is 0 Å². The lowest BCUT2D eigenvalue weighted by atomic mass is 10.0. The molecule has 5 heteroatoms. The van der Waals surface area contributed by atoms with Crippen molar-refractivity contribution in [3.05, 3.63) is 29.8 Å². The summed E-state index contributed by atoms with van der Waals surface area (Å²) in [6.07, 6.45) is 5.93. The largest absolute Gasteiger partial charge is 0.481 e. The van der Waals surface area contributed by atoms with E-state index in [9.17, 15) is 4.79 Å². The highest BCUT2D eigenvalue weighted by molar-refractivity contribution is 5.64. The van der Waals surface area contributed by atoms with Crippen LogP contribution in [-0.2, 0) is 6.54 Å². The molecule has 112 valence electrons. The number of likely N-dealkylation sites (tertiary alicyclic amines) is 1. The molecule has 21 heavy (non-hydrogen) atoms. The van der Waals surface area contributed by atoms with Gasteiger partial charge in [-0.25, -0.2) is 4.79 Å². The van der Waals surface area contributed by atoms with E-state index in [0.717, 1.165) is 38.2 Å². The zero-order valence-electron chi connectivity index (χ0n) is 11.9. The van der Waals surface area contributed by atoms with Gasteiger partial charge in [0.25, 0.3) is 0 Å². The Balaban J connectivity index is 1.78. The smallest absolute Gasteiger partial charge is 0.404 e. The van der Waals surface area contributed by atoms with Gasteiger partial charge in [0.1, 0.15) is 12.4 Å². The summed E-state index contributed by atoms with van der Waals surface area (Å²) >= 11 is 0. The zero-order valence-corrected chi connectivity index (χ0v) is 11.9. The second-order valence-electron chi connectivity index (χ2n) is 5.14. The first kappa shape index (κ1) is 15.2. The van der Waals surface area contributed by atoms with Crippen LogP contribution in [0.2, 0.25) is 0 Å². The van der Waals surface area contributed by atoms with Crippen LogP contribution in [0, 0.1) is 12.3 Å². The van der Waals surface area contributed by atoms with Gasteiger partial charge in [0, 0.05) is 25.7 Å². The number of hydrogen-bond acceptors (Lipinski definition) is 3. The molecule has 1 fully saturated rings. The zero-order chi connectivity index (χ0) is 15.1. The third-order valence-corrected chi connectivity index (χ3v) is 3.57. The molecule has 1 amide bonds. The number of ether oxygens (including phenoxy) is 1. The van der Waals surface area contributed by atoms with Crippen LogP contribution in [0.5, 0.6) is 5.75 Å². The number of rotatable bonds is 5. The summed E-state index contributed by atoms with van der Waals surface area (Å²) < 4.78 is 5.34. The SMILES string of the molecule is C#CCOc1ccc(CN2CCC(NC(=O)O)CC2)cc1. The van der Waals surface area contributed by atoms with Crippen LogP contribution in [0.1, 0.15) is 18.4 Å². The Morgan fingerprint density at radius 2 is 2.05 bits per heavy atom. The second kappa shape index (κ2) is 7.55. The van der Waals surface area contributed by atoms with Gasteiger partial charge in [-0.1, -0.05) is 18.1 Å². The molecule has 1 aromatic carbocycles. The van der Waals surface area contributed by atoms with Crippen LogP contribution >= 0.6 is 0 Å². The van der Waals surface area contributed by atoms with E-state index in [-0.39, 0.29) is 12.6 Å². The molecule has 1 aliphatic heterocycles. The molecule has 1 aliphatic rings. The van der Waals surface area contributed by atoms with Gasteiger partial charge in [-0.05, 0) is 30.5 Å². The van der Waals surface area contributed by atoms with Crippen molar-refractivity contribution in [2.24, 2.45) is 0 Å². The Bertz CT molecular complexity index is 499. The number of hydrogen-bond donors (Lipinski definition) is 2. The van der Waals surface area contributed by atoms with Crippen LogP contribution in [-0.4, -0.2) is 41.8 Å². The fourth-order valence-corrected chi connectivity index (χ4v) is 2.48. The molecular weight excluding hydrogens is 268 g/mol. The molecule has 0 spiro atoms. The summed E-state index contributed by atoms with van der Waals surface area (Å²) in [5.74, 6) is 3.21. The molecule has 0 aromatic heterocycles. The Hall–Kier alpha value is -2.19. The summed E-state index contributed by atoms with van der Waals surface area (Å²) in [4.78, 5) is 12.9. The van der Waals surface area contributed by atoms with Crippen LogP contribution in [0.3, 0.4) is 0 Å². The minimum Gasteiger partial charge on any atom is -0.481 e. The summed E-state index contributed by atoms with van der Waals surface area (Å²) in [6, 6.07) is 8.00. The summed E-state index contributed by atoms with van der Waals surface area (Å²) in [7, 11) is 0. The highest BCUT2D eigenvalue weighted by Crippen LogP contribution is 2.16. The Kier molecular flexibility index (Phi) is 5.47. The molecule has 1 heterocycles. The van der Waals surface area contributed by atoms with Gasteiger partial charge in [0.2, 0.25) is 0 Å². The van der Waals surface area contributed by atoms with E-state index in [1.54, 1.807) is 0 Å². The number of terminal acetylenes is 1. The molecule has 1 aromatic rings. The molecule has 0 atom stereocenters. The summed E-state index contributed by atoms with van der Waals surface area (Å²) in [5.41, 5.74) is 1.22. The fourth-order valence-electron chi connectivity index (χ4n) is 2.48. The molecule has 2 N–H and O–H groups in total. The lowest BCUT2D eigenvalue weighted by Crippen LogP contribution is -2.43. The van der Waals surface area contributed by atoms with Gasteiger partial charge >= 0.3 is 6.09 Å². The third kappa shape index (κ3) is 5.01. The molecule has 1 saturated heterocycles. The fraction of sp³-hybridized carbons (Fsp3) is 0.438. The molecule has 2 rings (SSSR count). The highest BCUT2D eigenvalue weighted by Gasteiger charge is 2.20. The number of carbonyl (C=O) groups is 1. The standard InChI is InChI=1S/C16H20N2O3/c1-2-11-21-15-5-3-13(4-6-15)12-18-9-7-14(8-10-18)17-16(19)20/h1,3-6,14,17H,7-12H2,(H,19,20). The topological polar surface area (TPSA) is 61.8 Å². The Morgan fingerprint density at radius 3 is 2.62 bits per heavy atom. The lowest BCUT2D eigenvalue weighted by molar-refractivity contribution is 0.165. The number of amides is 1. The average Bonchev–Trinajstić information content (AvgIpc) is 2.48. The van der Waals surface area contributed by atoms with E-state index in [1.165, 1.54) is 5.56 Å². The number of benzene rings is 1. The average molecular weight is 288 g/mol. The van der Waals surface area contributed by atoms with Gasteiger partial charge in [-0.15, -0.1) is 6.42 Å². The number of nitrogens with zero attached hydrogens (tertiary/aromatic N) is 1. The molecule has 0 unspecified atom stereocenters. The van der Waals surface area contributed by atoms with Crippen molar-refractivity contribution in [1.29, 1.82) is 0 Å². The predicted octanol–water partition coefficient (Wildman–Crippen LogP) is 1.93. The Labute approximate surface area is 124 Å². The molecule has 0 radical (unpaired) electrons. The van der Waals surface area contributed by atoms with Gasteiger partial charge < -0.3 is 15.2 Å². The Morgan fingerprint density at radius 1 is 1.38 bits per heavy atom. The molecule has 0 saturated carbocycles. The predicted molar refractivity (Wildman–Crippen MR) is 80.2 cm³/mol. The van der Waals surface area contributed by atoms with Gasteiger partial charge in [0.05, 0.1) is 0 Å². The van der Waals surface area contributed by atoms with Gasteiger partial charge in [-0.3, -0.25) is 4.90 Å². The van der Waals surface area contributed by atoms with Crippen molar-refractivity contribution in [2.45, 2.75) is 25.4 Å². The first-order chi connectivity index (χ1) is 10.2. The van der Waals surface area contributed by atoms with Crippen molar-refractivity contribution in [3.63, 3.8) is 0 Å². The monoisotopic (exact) mass is 288 g/mol. The normalized spacial score (nSPS) is 16.1.